The van der Waals surface area contributed by atoms with E-state index in [0.717, 1.165) is 18.3 Å². The number of hydrogen-bond acceptors (Lipinski definition) is 1. The van der Waals surface area contributed by atoms with Gasteiger partial charge in [-0.15, -0.1) is 0 Å². The molecule has 1 saturated carbocycles. The second-order valence-electron chi connectivity index (χ2n) is 3.97. The summed E-state index contributed by atoms with van der Waals surface area (Å²) >= 11 is 4.91. The molecule has 1 nitrogen and oxygen atoms in total. The van der Waals surface area contributed by atoms with Gasteiger partial charge in [-0.2, -0.15) is 0 Å². The minimum absolute atomic E-state index is 0.704. The van der Waals surface area contributed by atoms with Crippen molar-refractivity contribution >= 4 is 17.2 Å². The van der Waals surface area contributed by atoms with Crippen LogP contribution >= 0.6 is 12.2 Å². The van der Waals surface area contributed by atoms with Gasteiger partial charge in [0.25, 0.3) is 0 Å². The van der Waals surface area contributed by atoms with Crippen molar-refractivity contribution in [3.05, 3.63) is 0 Å². The Labute approximate surface area is 80.7 Å². The fourth-order valence-corrected chi connectivity index (χ4v) is 2.36. The van der Waals surface area contributed by atoms with E-state index in [1.54, 1.807) is 0 Å². The van der Waals surface area contributed by atoms with Crippen LogP contribution in [0.4, 0.5) is 0 Å². The van der Waals surface area contributed by atoms with E-state index in [1.165, 1.54) is 32.1 Å². The number of nitrogens with two attached hydrogens (primary N) is 1. The molecule has 0 aromatic rings. The molecule has 0 amide bonds. The second kappa shape index (κ2) is 4.80. The summed E-state index contributed by atoms with van der Waals surface area (Å²) in [5.74, 6) is 1.78. The van der Waals surface area contributed by atoms with E-state index in [9.17, 15) is 0 Å². The van der Waals surface area contributed by atoms with Gasteiger partial charge in [-0.25, -0.2) is 0 Å². The van der Waals surface area contributed by atoms with Gasteiger partial charge in [-0.1, -0.05) is 38.4 Å². The largest absolute Gasteiger partial charge is 0.393 e. The molecule has 0 aliphatic heterocycles. The van der Waals surface area contributed by atoms with Gasteiger partial charge in [0.05, 0.1) is 4.99 Å². The fraction of sp³-hybridized carbons (Fsp3) is 0.900. The quantitative estimate of drug-likeness (QED) is 0.684. The molecule has 0 aromatic heterocycles. The Kier molecular flexibility index (Phi) is 3.99. The van der Waals surface area contributed by atoms with Crippen molar-refractivity contribution in [2.75, 3.05) is 0 Å². The van der Waals surface area contributed by atoms with E-state index in [4.69, 9.17) is 18.0 Å². The number of thiocarbonyl (C=S) groups is 1. The SMILES string of the molecule is CCC1CCC(CC(N)=S)CC1. The molecule has 0 radical (unpaired) electrons. The zero-order valence-electron chi connectivity index (χ0n) is 7.88. The molecule has 0 unspecified atom stereocenters. The lowest BCUT2D eigenvalue weighted by atomic mass is 9.79. The van der Waals surface area contributed by atoms with Crippen molar-refractivity contribution in [2.45, 2.75) is 45.4 Å². The highest BCUT2D eigenvalue weighted by Gasteiger charge is 2.19. The topological polar surface area (TPSA) is 26.0 Å². The van der Waals surface area contributed by atoms with Crippen LogP contribution in [0.15, 0.2) is 0 Å². The lowest BCUT2D eigenvalue weighted by Crippen LogP contribution is -2.19. The highest BCUT2D eigenvalue weighted by atomic mass is 32.1. The van der Waals surface area contributed by atoms with Crippen LogP contribution in [0.2, 0.25) is 0 Å². The Morgan fingerprint density at radius 2 is 1.75 bits per heavy atom. The Hall–Kier alpha value is -0.110. The summed E-state index contributed by atoms with van der Waals surface area (Å²) in [6, 6.07) is 0. The monoisotopic (exact) mass is 185 g/mol. The van der Waals surface area contributed by atoms with Gasteiger partial charge < -0.3 is 5.73 Å². The number of rotatable bonds is 3. The predicted octanol–water partition coefficient (Wildman–Crippen LogP) is 2.88. The molecule has 0 bridgehead atoms. The van der Waals surface area contributed by atoms with Gasteiger partial charge in [0, 0.05) is 6.42 Å². The Morgan fingerprint density at radius 1 is 1.25 bits per heavy atom. The van der Waals surface area contributed by atoms with Crippen molar-refractivity contribution in [1.29, 1.82) is 0 Å². The molecule has 1 rings (SSSR count). The first kappa shape index (κ1) is 9.97. The molecular weight excluding hydrogens is 166 g/mol. The van der Waals surface area contributed by atoms with Gasteiger partial charge >= 0.3 is 0 Å². The van der Waals surface area contributed by atoms with Crippen LogP contribution in [-0.2, 0) is 0 Å². The van der Waals surface area contributed by atoms with Gasteiger partial charge in [0.15, 0.2) is 0 Å². The average Bonchev–Trinajstić information content (AvgIpc) is 2.05. The minimum Gasteiger partial charge on any atom is -0.393 e. The van der Waals surface area contributed by atoms with Crippen LogP contribution in [-0.4, -0.2) is 4.99 Å². The summed E-state index contributed by atoms with van der Waals surface area (Å²) in [6.45, 7) is 2.29. The third-order valence-corrected chi connectivity index (χ3v) is 3.20. The molecule has 1 fully saturated rings. The lowest BCUT2D eigenvalue weighted by Gasteiger charge is -2.27. The summed E-state index contributed by atoms with van der Waals surface area (Å²) in [4.78, 5) is 0.704. The summed E-state index contributed by atoms with van der Waals surface area (Å²) in [6.07, 6.45) is 7.80. The molecule has 1 aliphatic rings. The molecule has 1 aliphatic carbocycles. The van der Waals surface area contributed by atoms with Crippen LogP contribution in [0.3, 0.4) is 0 Å². The molecule has 2 heteroatoms. The predicted molar refractivity (Wildman–Crippen MR) is 57.1 cm³/mol. The molecule has 0 atom stereocenters. The summed E-state index contributed by atoms with van der Waals surface area (Å²) in [5, 5.41) is 0. The van der Waals surface area contributed by atoms with Gasteiger partial charge in [-0.05, 0) is 24.7 Å². The summed E-state index contributed by atoms with van der Waals surface area (Å²) < 4.78 is 0. The molecule has 0 saturated heterocycles. The zero-order valence-corrected chi connectivity index (χ0v) is 8.70. The molecule has 0 spiro atoms. The molecule has 12 heavy (non-hydrogen) atoms. The van der Waals surface area contributed by atoms with Crippen molar-refractivity contribution in [2.24, 2.45) is 17.6 Å². The maximum atomic E-state index is 5.52. The van der Waals surface area contributed by atoms with Crippen molar-refractivity contribution < 1.29 is 0 Å². The Bertz CT molecular complexity index is 148. The standard InChI is InChI=1S/C10H19NS/c1-2-8-3-5-9(6-4-8)7-10(11)12/h8-9H,2-7H2,1H3,(H2,11,12). The smallest absolute Gasteiger partial charge is 0.0730 e. The van der Waals surface area contributed by atoms with Crippen LogP contribution < -0.4 is 5.73 Å². The molecule has 0 heterocycles. The van der Waals surface area contributed by atoms with E-state index in [0.29, 0.717) is 4.99 Å². The normalized spacial score (nSPS) is 30.1. The van der Waals surface area contributed by atoms with E-state index in [-0.39, 0.29) is 0 Å². The number of hydrogen-bond donors (Lipinski definition) is 1. The Morgan fingerprint density at radius 3 is 2.17 bits per heavy atom. The first-order valence-electron chi connectivity index (χ1n) is 5.00. The summed E-state index contributed by atoms with van der Waals surface area (Å²) in [7, 11) is 0. The first-order chi connectivity index (χ1) is 5.72. The molecule has 0 aromatic carbocycles. The van der Waals surface area contributed by atoms with Crippen molar-refractivity contribution in [3.8, 4) is 0 Å². The maximum Gasteiger partial charge on any atom is 0.0730 e. The Balaban J connectivity index is 2.21. The first-order valence-corrected chi connectivity index (χ1v) is 5.41. The van der Waals surface area contributed by atoms with E-state index >= 15 is 0 Å². The second-order valence-corrected chi connectivity index (χ2v) is 4.49. The van der Waals surface area contributed by atoms with Gasteiger partial charge in [0.2, 0.25) is 0 Å². The highest BCUT2D eigenvalue weighted by molar-refractivity contribution is 7.80. The zero-order chi connectivity index (χ0) is 8.97. The van der Waals surface area contributed by atoms with Crippen LogP contribution in [0.25, 0.3) is 0 Å². The van der Waals surface area contributed by atoms with E-state index in [1.807, 2.05) is 0 Å². The molecule has 2 N–H and O–H groups in total. The third kappa shape index (κ3) is 3.10. The van der Waals surface area contributed by atoms with Crippen LogP contribution in [0.5, 0.6) is 0 Å². The maximum absolute atomic E-state index is 5.52. The summed E-state index contributed by atoms with van der Waals surface area (Å²) in [5.41, 5.74) is 5.52. The fourth-order valence-electron chi connectivity index (χ4n) is 2.13. The lowest BCUT2D eigenvalue weighted by molar-refractivity contribution is 0.275. The van der Waals surface area contributed by atoms with Gasteiger partial charge in [0.1, 0.15) is 0 Å². The van der Waals surface area contributed by atoms with Crippen LogP contribution in [0.1, 0.15) is 45.4 Å². The van der Waals surface area contributed by atoms with Gasteiger partial charge in [-0.3, -0.25) is 0 Å². The van der Waals surface area contributed by atoms with E-state index < -0.39 is 0 Å². The van der Waals surface area contributed by atoms with E-state index in [2.05, 4.69) is 6.92 Å². The highest BCUT2D eigenvalue weighted by Crippen LogP contribution is 2.32. The van der Waals surface area contributed by atoms with Crippen LogP contribution in [0, 0.1) is 11.8 Å². The minimum atomic E-state index is 0.704. The molecule has 70 valence electrons. The third-order valence-electron chi connectivity index (χ3n) is 3.03. The van der Waals surface area contributed by atoms with Crippen molar-refractivity contribution in [1.82, 2.24) is 0 Å². The average molecular weight is 185 g/mol. The van der Waals surface area contributed by atoms with Crippen molar-refractivity contribution in [3.63, 3.8) is 0 Å². The molecular formula is C10H19NS.